The number of aliphatic hydroxyl groups excluding tert-OH is 1. The fourth-order valence-corrected chi connectivity index (χ4v) is 14.6. The predicted molar refractivity (Wildman–Crippen MR) is 423 cm³/mol. The molecule has 0 radical (unpaired) electrons. The Morgan fingerprint density at radius 1 is 0.262 bits per heavy atom. The van der Waals surface area contributed by atoms with Crippen LogP contribution in [0.1, 0.15) is 440 Å². The average Bonchev–Trinajstić information content (AvgIpc) is 0.918. The number of unbranched alkanes of at least 4 members (excludes halogenated alkanes) is 50. The van der Waals surface area contributed by atoms with Gasteiger partial charge in [-0.2, -0.15) is 0 Å². The summed E-state index contributed by atoms with van der Waals surface area (Å²) in [5.41, 5.74) is 0. The van der Waals surface area contributed by atoms with Crippen LogP contribution in [0.15, 0.2) is 0 Å². The molecule has 0 saturated heterocycles. The Balaban J connectivity index is 5.23. The van der Waals surface area contributed by atoms with Crippen molar-refractivity contribution < 1.29 is 80.2 Å². The van der Waals surface area contributed by atoms with Crippen molar-refractivity contribution in [2.45, 2.75) is 458 Å². The molecular formula is C84H164O17P2. The first kappa shape index (κ1) is 101. The average molecular weight is 1510 g/mol. The first-order chi connectivity index (χ1) is 49.7. The summed E-state index contributed by atoms with van der Waals surface area (Å²) < 4.78 is 68.8. The maximum atomic E-state index is 13.1. The van der Waals surface area contributed by atoms with E-state index < -0.39 is 97.5 Å². The molecule has 0 spiro atoms. The molecule has 0 amide bonds. The van der Waals surface area contributed by atoms with Crippen LogP contribution < -0.4 is 0 Å². The summed E-state index contributed by atoms with van der Waals surface area (Å²) in [6.07, 6.45) is 64.0. The van der Waals surface area contributed by atoms with Crippen molar-refractivity contribution in [1.29, 1.82) is 0 Å². The molecule has 0 rings (SSSR count). The monoisotopic (exact) mass is 1510 g/mol. The second-order valence-electron chi connectivity index (χ2n) is 31.6. The van der Waals surface area contributed by atoms with Crippen LogP contribution in [0.2, 0.25) is 0 Å². The summed E-state index contributed by atoms with van der Waals surface area (Å²) in [5, 5.41) is 10.7. The van der Waals surface area contributed by atoms with Gasteiger partial charge in [0.2, 0.25) is 0 Å². The maximum Gasteiger partial charge on any atom is 0.472 e. The highest BCUT2D eigenvalue weighted by molar-refractivity contribution is 7.47. The van der Waals surface area contributed by atoms with E-state index >= 15 is 0 Å². The summed E-state index contributed by atoms with van der Waals surface area (Å²) in [6.45, 7) is 11.9. The van der Waals surface area contributed by atoms with Crippen molar-refractivity contribution in [3.05, 3.63) is 0 Å². The molecular weight excluding hydrogens is 1340 g/mol. The number of ether oxygens (including phenoxy) is 4. The van der Waals surface area contributed by atoms with Crippen LogP contribution in [0.4, 0.5) is 0 Å². The van der Waals surface area contributed by atoms with E-state index in [0.29, 0.717) is 25.7 Å². The summed E-state index contributed by atoms with van der Waals surface area (Å²) in [6, 6.07) is 0. The SMILES string of the molecule is CCCCCCCCCCCCCCCCCCCCC(=O)OC[C@H](COP(=O)(O)OC[C@@H](O)COP(=O)(O)OC[C@@H](COC(=O)CCCCCCCCCCC(C)C)OC(=O)CCCCCCCCCCCCC(C)C)OC(=O)CCCCCCCCCCCCCCCCCCCCC(C)C. The van der Waals surface area contributed by atoms with Crippen LogP contribution in [0.3, 0.4) is 0 Å². The zero-order valence-corrected chi connectivity index (χ0v) is 69.6. The molecule has 0 bridgehead atoms. The standard InChI is InChI=1S/C84H164O17P2/c1-8-9-10-11-12-13-14-15-16-17-21-24-27-30-36-44-51-58-65-81(86)94-71-79(100-83(88)67-60-53-46-37-31-28-25-22-19-18-20-23-26-29-34-41-48-55-62-75(2)3)73-98-102(90,91)96-69-78(85)70-97-103(92,93)99-74-80(72-95-82(87)66-59-52-45-40-39-43-50-57-64-77(6)7)101-84(89)68-61-54-47-38-33-32-35-42-49-56-63-76(4)5/h75-80,85H,8-74H2,1-7H3,(H,90,91)(H,92,93)/t78-,79-,80-/m1/s1. The van der Waals surface area contributed by atoms with Gasteiger partial charge in [-0.3, -0.25) is 37.3 Å². The van der Waals surface area contributed by atoms with Crippen LogP contribution in [-0.2, 0) is 65.4 Å². The topological polar surface area (TPSA) is 237 Å². The van der Waals surface area contributed by atoms with E-state index in [-0.39, 0.29) is 25.7 Å². The highest BCUT2D eigenvalue weighted by Crippen LogP contribution is 2.45. The van der Waals surface area contributed by atoms with Gasteiger partial charge in [-0.15, -0.1) is 0 Å². The van der Waals surface area contributed by atoms with E-state index in [2.05, 4.69) is 48.5 Å². The van der Waals surface area contributed by atoms with Gasteiger partial charge in [-0.05, 0) is 43.4 Å². The summed E-state index contributed by atoms with van der Waals surface area (Å²) in [4.78, 5) is 73.1. The zero-order chi connectivity index (χ0) is 75.8. The van der Waals surface area contributed by atoms with Crippen LogP contribution >= 0.6 is 15.6 Å². The third-order valence-corrected chi connectivity index (χ3v) is 21.5. The lowest BCUT2D eigenvalue weighted by atomic mass is 10.0. The fourth-order valence-electron chi connectivity index (χ4n) is 13.0. The fraction of sp³-hybridized carbons (Fsp3) is 0.952. The Labute approximate surface area is 632 Å². The van der Waals surface area contributed by atoms with Gasteiger partial charge in [0.25, 0.3) is 0 Å². The Hall–Kier alpha value is -1.94. The Bertz CT molecular complexity index is 1990. The molecule has 612 valence electrons. The highest BCUT2D eigenvalue weighted by Gasteiger charge is 2.30. The number of aliphatic hydroxyl groups is 1. The summed E-state index contributed by atoms with van der Waals surface area (Å²) >= 11 is 0. The normalized spacial score (nSPS) is 13.9. The number of carbonyl (C=O) groups is 4. The molecule has 0 aliphatic rings. The number of hydrogen-bond donors (Lipinski definition) is 3. The van der Waals surface area contributed by atoms with Crippen LogP contribution in [0.5, 0.6) is 0 Å². The molecule has 103 heavy (non-hydrogen) atoms. The lowest BCUT2D eigenvalue weighted by molar-refractivity contribution is -0.161. The van der Waals surface area contributed by atoms with E-state index in [1.54, 1.807) is 0 Å². The smallest absolute Gasteiger partial charge is 0.462 e. The molecule has 17 nitrogen and oxygen atoms in total. The molecule has 0 aromatic heterocycles. The van der Waals surface area contributed by atoms with Crippen molar-refractivity contribution in [2.24, 2.45) is 17.8 Å². The third-order valence-electron chi connectivity index (χ3n) is 19.6. The van der Waals surface area contributed by atoms with Gasteiger partial charge in [0, 0.05) is 25.7 Å². The van der Waals surface area contributed by atoms with E-state index in [1.807, 2.05) is 0 Å². The van der Waals surface area contributed by atoms with Crippen molar-refractivity contribution in [3.63, 3.8) is 0 Å². The zero-order valence-electron chi connectivity index (χ0n) is 67.8. The maximum absolute atomic E-state index is 13.1. The van der Waals surface area contributed by atoms with Crippen LogP contribution in [-0.4, -0.2) is 96.7 Å². The second-order valence-corrected chi connectivity index (χ2v) is 34.6. The van der Waals surface area contributed by atoms with Gasteiger partial charge >= 0.3 is 39.5 Å². The van der Waals surface area contributed by atoms with Crippen LogP contribution in [0, 0.1) is 17.8 Å². The van der Waals surface area contributed by atoms with Gasteiger partial charge in [0.1, 0.15) is 19.3 Å². The predicted octanol–water partition coefficient (Wildman–Crippen LogP) is 25.3. The molecule has 0 aromatic rings. The number of phosphoric acid groups is 2. The quantitative estimate of drug-likeness (QED) is 0.0222. The lowest BCUT2D eigenvalue weighted by Gasteiger charge is -2.21. The van der Waals surface area contributed by atoms with Crippen LogP contribution in [0.25, 0.3) is 0 Å². The van der Waals surface area contributed by atoms with Gasteiger partial charge in [-0.25, -0.2) is 9.13 Å². The van der Waals surface area contributed by atoms with Gasteiger partial charge in [0.05, 0.1) is 26.4 Å². The Kier molecular flexibility index (Phi) is 72.8. The molecule has 2 unspecified atom stereocenters. The lowest BCUT2D eigenvalue weighted by Crippen LogP contribution is -2.30. The van der Waals surface area contributed by atoms with E-state index in [0.717, 1.165) is 108 Å². The second kappa shape index (κ2) is 74.2. The number of rotatable bonds is 82. The van der Waals surface area contributed by atoms with Crippen molar-refractivity contribution in [3.8, 4) is 0 Å². The minimum Gasteiger partial charge on any atom is -0.462 e. The van der Waals surface area contributed by atoms with E-state index in [9.17, 15) is 43.2 Å². The molecule has 19 heteroatoms. The Morgan fingerprint density at radius 3 is 0.660 bits per heavy atom. The number of hydrogen-bond acceptors (Lipinski definition) is 15. The molecule has 3 N–H and O–H groups in total. The minimum atomic E-state index is -4.96. The summed E-state index contributed by atoms with van der Waals surface area (Å²) in [5.74, 6) is 0.190. The molecule has 0 fully saturated rings. The molecule has 5 atom stereocenters. The van der Waals surface area contributed by atoms with Gasteiger partial charge in [0.15, 0.2) is 12.2 Å². The number of carbonyl (C=O) groups excluding carboxylic acids is 4. The summed E-state index contributed by atoms with van der Waals surface area (Å²) in [7, 11) is -9.92. The first-order valence-corrected chi connectivity index (χ1v) is 46.3. The van der Waals surface area contributed by atoms with E-state index in [4.69, 9.17) is 37.0 Å². The largest absolute Gasteiger partial charge is 0.472 e. The van der Waals surface area contributed by atoms with Crippen molar-refractivity contribution in [1.82, 2.24) is 0 Å². The third kappa shape index (κ3) is 78.0. The number of esters is 4. The number of phosphoric ester groups is 2. The highest BCUT2D eigenvalue weighted by atomic mass is 31.2. The molecule has 0 saturated carbocycles. The first-order valence-electron chi connectivity index (χ1n) is 43.3. The molecule has 0 aliphatic carbocycles. The Morgan fingerprint density at radius 2 is 0.447 bits per heavy atom. The van der Waals surface area contributed by atoms with Gasteiger partial charge < -0.3 is 33.8 Å². The van der Waals surface area contributed by atoms with Crippen molar-refractivity contribution >= 4 is 39.5 Å². The minimum absolute atomic E-state index is 0.105. The van der Waals surface area contributed by atoms with E-state index in [1.165, 1.54) is 250 Å². The van der Waals surface area contributed by atoms with Gasteiger partial charge in [-0.1, -0.05) is 389 Å². The molecule has 0 heterocycles. The van der Waals surface area contributed by atoms with Crippen molar-refractivity contribution in [2.75, 3.05) is 39.6 Å². The molecule has 0 aromatic carbocycles. The molecule has 0 aliphatic heterocycles.